The smallest absolute Gasteiger partial charge is 0.213 e. The quantitative estimate of drug-likeness (QED) is 0.163. The van der Waals surface area contributed by atoms with Crippen LogP contribution < -0.4 is 5.35 Å². The first kappa shape index (κ1) is 31.0. The van der Waals surface area contributed by atoms with Gasteiger partial charge in [-0.2, -0.15) is 4.58 Å². The molecule has 2 heterocycles. The molecule has 7 rings (SSSR count). The average Bonchev–Trinajstić information content (AvgIpc) is 3.54. The van der Waals surface area contributed by atoms with Crippen LogP contribution in [0.4, 0.5) is 0 Å². The van der Waals surface area contributed by atoms with Gasteiger partial charge in [-0.3, -0.25) is 0 Å². The van der Waals surface area contributed by atoms with E-state index < -0.39 is 0 Å². The van der Waals surface area contributed by atoms with E-state index in [1.54, 1.807) is 0 Å². The molecule has 0 spiro atoms. The summed E-state index contributed by atoms with van der Waals surface area (Å²) in [6.07, 6.45) is 19.7. The molecule has 2 nitrogen and oxygen atoms in total. The van der Waals surface area contributed by atoms with Crippen LogP contribution in [0.5, 0.6) is 0 Å². The van der Waals surface area contributed by atoms with E-state index in [0.29, 0.717) is 11.8 Å². The van der Waals surface area contributed by atoms with E-state index in [1.165, 1.54) is 97.5 Å². The molecule has 0 saturated carbocycles. The molecule has 1 aliphatic heterocycles. The van der Waals surface area contributed by atoms with Crippen molar-refractivity contribution in [2.75, 3.05) is 6.54 Å². The van der Waals surface area contributed by atoms with Gasteiger partial charge < -0.3 is 4.57 Å². The number of aryl methyl sites for hydroxylation is 2. The summed E-state index contributed by atoms with van der Waals surface area (Å²) in [6, 6.07) is 18.3. The fraction of sp³-hybridized carbons (Fsp3) is 0.372. The van der Waals surface area contributed by atoms with Crippen molar-refractivity contribution in [3.63, 3.8) is 0 Å². The van der Waals surface area contributed by atoms with Gasteiger partial charge in [-0.15, -0.1) is 0 Å². The van der Waals surface area contributed by atoms with Crippen molar-refractivity contribution in [1.82, 2.24) is 4.57 Å². The highest BCUT2D eigenvalue weighted by Gasteiger charge is 2.37. The van der Waals surface area contributed by atoms with E-state index in [4.69, 9.17) is 11.6 Å². The molecule has 0 saturated heterocycles. The second-order valence-electron chi connectivity index (χ2n) is 14.0. The number of unbranched alkanes of at least 4 members (excludes halogenated alkanes) is 2. The molecule has 0 N–H and O–H groups in total. The molecule has 0 amide bonds. The number of benzene rings is 3. The predicted molar refractivity (Wildman–Crippen MR) is 199 cm³/mol. The fourth-order valence-corrected chi connectivity index (χ4v) is 8.37. The molecule has 3 aliphatic rings. The Bertz CT molecular complexity index is 2040. The molecule has 46 heavy (non-hydrogen) atoms. The first-order chi connectivity index (χ1) is 22.4. The van der Waals surface area contributed by atoms with Gasteiger partial charge in [0.05, 0.1) is 11.1 Å². The van der Waals surface area contributed by atoms with Gasteiger partial charge in [0.2, 0.25) is 11.4 Å². The average molecular weight is 628 g/mol. The summed E-state index contributed by atoms with van der Waals surface area (Å²) in [5.41, 5.74) is 12.2. The molecule has 4 aromatic rings. The van der Waals surface area contributed by atoms with Crippen LogP contribution in [-0.4, -0.2) is 21.4 Å². The van der Waals surface area contributed by atoms with Crippen LogP contribution in [0.15, 0.2) is 89.0 Å². The number of nitrogens with zero attached hydrogens (tertiary/aromatic N) is 2. The van der Waals surface area contributed by atoms with Crippen molar-refractivity contribution in [3.05, 3.63) is 117 Å². The van der Waals surface area contributed by atoms with Crippen LogP contribution >= 0.6 is 11.6 Å². The van der Waals surface area contributed by atoms with E-state index in [0.717, 1.165) is 37.4 Å². The molecule has 0 bridgehead atoms. The largest absolute Gasteiger partial charge is 0.340 e. The zero-order valence-electron chi connectivity index (χ0n) is 28.3. The highest BCUT2D eigenvalue weighted by Crippen LogP contribution is 2.42. The third-order valence-electron chi connectivity index (χ3n) is 10.6. The van der Waals surface area contributed by atoms with Crippen molar-refractivity contribution in [2.45, 2.75) is 92.0 Å². The SMILES string of the molecule is CCCCn1/c(=C/C=C2\CC(C)CC(/C=C/C3=[N+](CCCC)C4=CCC(C)c5cccc3c54)=C2Cl)c2cccc3c(C)ccc1c32. The Labute approximate surface area is 280 Å². The highest BCUT2D eigenvalue weighted by molar-refractivity contribution is 6.32. The van der Waals surface area contributed by atoms with Gasteiger partial charge in [0, 0.05) is 45.7 Å². The molecule has 0 radical (unpaired) electrons. The molecule has 2 aliphatic carbocycles. The number of hydrogen-bond donors (Lipinski definition) is 0. The summed E-state index contributed by atoms with van der Waals surface area (Å²) in [7, 11) is 0. The van der Waals surface area contributed by atoms with Crippen molar-refractivity contribution in [3.8, 4) is 0 Å². The lowest BCUT2D eigenvalue weighted by Crippen LogP contribution is -2.16. The topological polar surface area (TPSA) is 7.94 Å². The summed E-state index contributed by atoms with van der Waals surface area (Å²) in [6.45, 7) is 13.6. The second kappa shape index (κ2) is 12.9. The Kier molecular flexibility index (Phi) is 8.68. The monoisotopic (exact) mass is 627 g/mol. The first-order valence-corrected chi connectivity index (χ1v) is 18.1. The molecule has 236 valence electrons. The Balaban J connectivity index is 1.31. The second-order valence-corrected chi connectivity index (χ2v) is 14.3. The first-order valence-electron chi connectivity index (χ1n) is 17.7. The van der Waals surface area contributed by atoms with E-state index >= 15 is 0 Å². The number of halogens is 1. The summed E-state index contributed by atoms with van der Waals surface area (Å²) < 4.78 is 5.11. The minimum absolute atomic E-state index is 0.539. The lowest BCUT2D eigenvalue weighted by Gasteiger charge is -2.22. The van der Waals surface area contributed by atoms with Gasteiger partial charge in [-0.05, 0) is 96.4 Å². The minimum Gasteiger partial charge on any atom is -0.340 e. The van der Waals surface area contributed by atoms with Gasteiger partial charge >= 0.3 is 0 Å². The lowest BCUT2D eigenvalue weighted by atomic mass is 9.84. The zero-order chi connectivity index (χ0) is 31.9. The van der Waals surface area contributed by atoms with Crippen LogP contribution in [0.3, 0.4) is 0 Å². The number of aromatic nitrogens is 1. The van der Waals surface area contributed by atoms with Gasteiger partial charge in [0.25, 0.3) is 0 Å². The van der Waals surface area contributed by atoms with Crippen LogP contribution in [-0.2, 0) is 6.54 Å². The summed E-state index contributed by atoms with van der Waals surface area (Å²) in [5.74, 6) is 1.10. The van der Waals surface area contributed by atoms with Crippen LogP contribution in [0.1, 0.15) is 101 Å². The molecule has 0 fully saturated rings. The maximum atomic E-state index is 7.31. The standard InChI is InChI=1S/C43H48ClN2/c1-6-8-24-45-37(35-14-10-12-33-29(4)16-20-39(45)41(33)35)22-18-31-26-28(3)27-32(43(31)44)19-23-38-36-15-11-13-34-30(5)17-21-40(42(34)36)46(38)25-9-7-2/h10-16,18-23,28,30H,6-9,17,24-27H2,1-5H3/q+1. The van der Waals surface area contributed by atoms with E-state index in [9.17, 15) is 0 Å². The molecular weight excluding hydrogens is 580 g/mol. The maximum Gasteiger partial charge on any atom is 0.213 e. The van der Waals surface area contributed by atoms with Crippen molar-refractivity contribution < 1.29 is 4.58 Å². The number of rotatable bonds is 9. The molecular formula is C43H48ClN2+. The summed E-state index contributed by atoms with van der Waals surface area (Å²) >= 11 is 7.31. The Morgan fingerprint density at radius 2 is 1.72 bits per heavy atom. The van der Waals surface area contributed by atoms with Gasteiger partial charge in [0.15, 0.2) is 0 Å². The number of allylic oxidation sites excluding steroid dienone is 7. The van der Waals surface area contributed by atoms with Gasteiger partial charge in [0.1, 0.15) is 6.54 Å². The Morgan fingerprint density at radius 1 is 0.913 bits per heavy atom. The summed E-state index contributed by atoms with van der Waals surface area (Å²) in [4.78, 5) is 0. The van der Waals surface area contributed by atoms with Crippen LogP contribution in [0, 0.1) is 12.8 Å². The molecule has 2 unspecified atom stereocenters. The predicted octanol–water partition coefficient (Wildman–Crippen LogP) is 11.0. The highest BCUT2D eigenvalue weighted by atomic mass is 35.5. The lowest BCUT2D eigenvalue weighted by molar-refractivity contribution is -0.428. The van der Waals surface area contributed by atoms with E-state index in [2.05, 4.69) is 123 Å². The number of hydrogen-bond acceptors (Lipinski definition) is 0. The Morgan fingerprint density at radius 3 is 2.54 bits per heavy atom. The normalized spacial score (nSPS) is 21.1. The third kappa shape index (κ3) is 5.33. The Hall–Kier alpha value is -3.62. The van der Waals surface area contributed by atoms with Gasteiger partial charge in [-0.25, -0.2) is 0 Å². The summed E-state index contributed by atoms with van der Waals surface area (Å²) in [5, 5.41) is 6.32. The molecule has 2 atom stereocenters. The van der Waals surface area contributed by atoms with Crippen LogP contribution in [0.25, 0.3) is 33.4 Å². The van der Waals surface area contributed by atoms with Crippen LogP contribution in [0.2, 0.25) is 0 Å². The molecule has 1 aromatic heterocycles. The third-order valence-corrected chi connectivity index (χ3v) is 11.0. The maximum absolute atomic E-state index is 7.31. The molecule has 3 heteroatoms. The zero-order valence-corrected chi connectivity index (χ0v) is 29.1. The fourth-order valence-electron chi connectivity index (χ4n) is 8.09. The van der Waals surface area contributed by atoms with Crippen molar-refractivity contribution >= 4 is 50.8 Å². The van der Waals surface area contributed by atoms with E-state index in [-0.39, 0.29) is 0 Å². The molecule has 3 aromatic carbocycles. The van der Waals surface area contributed by atoms with Crippen molar-refractivity contribution in [1.29, 1.82) is 0 Å². The van der Waals surface area contributed by atoms with Crippen molar-refractivity contribution in [2.24, 2.45) is 5.92 Å². The van der Waals surface area contributed by atoms with E-state index in [1.807, 2.05) is 0 Å². The minimum atomic E-state index is 0.539. The van der Waals surface area contributed by atoms with Gasteiger partial charge in [-0.1, -0.05) is 101 Å².